The number of aromatic amines is 1. The van der Waals surface area contributed by atoms with Crippen LogP contribution in [0.1, 0.15) is 28.5 Å². The average molecular weight is 272 g/mol. The molecule has 5 heteroatoms. The summed E-state index contributed by atoms with van der Waals surface area (Å²) in [5.74, 6) is 0.416. The highest BCUT2D eigenvalue weighted by molar-refractivity contribution is 6.03. The Morgan fingerprint density at radius 1 is 1.30 bits per heavy atom. The van der Waals surface area contributed by atoms with Gasteiger partial charge in [0, 0.05) is 23.9 Å². The molecule has 1 aromatic heterocycles. The largest absolute Gasteiger partial charge is 0.305 e. The van der Waals surface area contributed by atoms with E-state index < -0.39 is 0 Å². The molecule has 1 heterocycles. The van der Waals surface area contributed by atoms with Crippen LogP contribution in [0.25, 0.3) is 0 Å². The van der Waals surface area contributed by atoms with Gasteiger partial charge < -0.3 is 10.2 Å². The molecule has 0 bridgehead atoms. The van der Waals surface area contributed by atoms with E-state index in [2.05, 4.69) is 20.4 Å². The second kappa shape index (κ2) is 6.34. The molecule has 0 radical (unpaired) electrons. The first-order chi connectivity index (χ1) is 9.58. The van der Waals surface area contributed by atoms with Crippen molar-refractivity contribution in [1.29, 1.82) is 0 Å². The molecule has 20 heavy (non-hydrogen) atoms. The van der Waals surface area contributed by atoms with Gasteiger partial charge in [0.05, 0.1) is 0 Å². The normalized spacial score (nSPS) is 10.8. The predicted octanol–water partition coefficient (Wildman–Crippen LogP) is 2.29. The van der Waals surface area contributed by atoms with Gasteiger partial charge >= 0.3 is 0 Å². The van der Waals surface area contributed by atoms with Gasteiger partial charge in [0.25, 0.3) is 5.91 Å². The number of carbonyl (C=O) groups excluding carboxylic acids is 1. The third-order valence-electron chi connectivity index (χ3n) is 2.97. The molecule has 0 spiro atoms. The van der Waals surface area contributed by atoms with Crippen molar-refractivity contribution in [3.05, 3.63) is 47.2 Å². The van der Waals surface area contributed by atoms with Gasteiger partial charge in [-0.3, -0.25) is 9.89 Å². The quantitative estimate of drug-likeness (QED) is 0.878. The number of benzene rings is 1. The third kappa shape index (κ3) is 3.68. The second-order valence-corrected chi connectivity index (χ2v) is 5.02. The molecule has 106 valence electrons. The number of carbonyl (C=O) groups is 1. The zero-order chi connectivity index (χ0) is 14.5. The van der Waals surface area contributed by atoms with E-state index in [-0.39, 0.29) is 5.91 Å². The van der Waals surface area contributed by atoms with Crippen LogP contribution in [0.5, 0.6) is 0 Å². The molecule has 5 nitrogen and oxygen atoms in total. The van der Waals surface area contributed by atoms with E-state index in [9.17, 15) is 4.79 Å². The Morgan fingerprint density at radius 2 is 2.00 bits per heavy atom. The van der Waals surface area contributed by atoms with Crippen LogP contribution in [-0.4, -0.2) is 35.1 Å². The number of aromatic nitrogens is 2. The van der Waals surface area contributed by atoms with Gasteiger partial charge in [0.2, 0.25) is 0 Å². The Bertz CT molecular complexity index is 572. The van der Waals surface area contributed by atoms with E-state index in [1.54, 1.807) is 0 Å². The highest BCUT2D eigenvalue weighted by Crippen LogP contribution is 2.10. The van der Waals surface area contributed by atoms with Gasteiger partial charge in [-0.15, -0.1) is 0 Å². The number of rotatable bonds is 5. The summed E-state index contributed by atoms with van der Waals surface area (Å²) in [5.41, 5.74) is 2.81. The summed E-state index contributed by atoms with van der Waals surface area (Å²) in [7, 11) is 4.03. The summed E-state index contributed by atoms with van der Waals surface area (Å²) < 4.78 is 0. The molecule has 1 amide bonds. The summed E-state index contributed by atoms with van der Waals surface area (Å²) in [4.78, 5) is 14.2. The van der Waals surface area contributed by atoms with E-state index in [1.807, 2.05) is 51.4 Å². The molecule has 2 aromatic rings. The lowest BCUT2D eigenvalue weighted by Gasteiger charge is -2.09. The minimum atomic E-state index is -0.143. The molecule has 1 aromatic carbocycles. The van der Waals surface area contributed by atoms with Crippen molar-refractivity contribution in [3.8, 4) is 0 Å². The molecule has 0 unspecified atom stereocenters. The first-order valence-corrected chi connectivity index (χ1v) is 6.67. The van der Waals surface area contributed by atoms with Crippen molar-refractivity contribution in [2.24, 2.45) is 0 Å². The van der Waals surface area contributed by atoms with Crippen molar-refractivity contribution in [2.75, 3.05) is 19.4 Å². The fourth-order valence-electron chi connectivity index (χ4n) is 1.92. The molecule has 2 N–H and O–H groups in total. The van der Waals surface area contributed by atoms with E-state index in [0.29, 0.717) is 11.4 Å². The third-order valence-corrected chi connectivity index (χ3v) is 2.97. The first-order valence-electron chi connectivity index (χ1n) is 6.67. The lowest BCUT2D eigenvalue weighted by atomic mass is 10.1. The minimum absolute atomic E-state index is 0.143. The van der Waals surface area contributed by atoms with Gasteiger partial charge in [-0.05, 0) is 38.2 Å². The van der Waals surface area contributed by atoms with Crippen LogP contribution < -0.4 is 5.32 Å². The Kier molecular flexibility index (Phi) is 4.53. The summed E-state index contributed by atoms with van der Waals surface area (Å²) in [6.07, 6.45) is 0.863. The zero-order valence-electron chi connectivity index (χ0n) is 12.1. The number of nitrogens with one attached hydrogen (secondary N) is 2. The number of nitrogens with zero attached hydrogens (tertiary/aromatic N) is 2. The molecule has 0 aliphatic heterocycles. The van der Waals surface area contributed by atoms with Crippen LogP contribution in [0, 0.1) is 0 Å². The maximum Gasteiger partial charge on any atom is 0.256 e. The van der Waals surface area contributed by atoms with Gasteiger partial charge in [-0.1, -0.05) is 19.1 Å². The monoisotopic (exact) mass is 272 g/mol. The molecular formula is C15H20N4O. The standard InChI is InChI=1S/C15H20N4O/c1-4-13-9-14(18-17-13)16-15(20)12-7-5-11(6-8-12)10-19(2)3/h5-9H,4,10H2,1-3H3,(H2,16,17,18,20). The first kappa shape index (κ1) is 14.3. The molecule has 0 saturated carbocycles. The molecule has 0 atom stereocenters. The van der Waals surface area contributed by atoms with Crippen LogP contribution >= 0.6 is 0 Å². The maximum atomic E-state index is 12.1. The van der Waals surface area contributed by atoms with Gasteiger partial charge in [0.15, 0.2) is 5.82 Å². The van der Waals surface area contributed by atoms with Crippen LogP contribution in [0.3, 0.4) is 0 Å². The lowest BCUT2D eigenvalue weighted by molar-refractivity contribution is 0.102. The molecular weight excluding hydrogens is 252 g/mol. The minimum Gasteiger partial charge on any atom is -0.305 e. The van der Waals surface area contributed by atoms with Crippen molar-refractivity contribution in [3.63, 3.8) is 0 Å². The Hall–Kier alpha value is -2.14. The Morgan fingerprint density at radius 3 is 2.55 bits per heavy atom. The van der Waals surface area contributed by atoms with Crippen molar-refractivity contribution >= 4 is 11.7 Å². The molecule has 0 saturated heterocycles. The molecule has 0 fully saturated rings. The summed E-state index contributed by atoms with van der Waals surface area (Å²) in [6, 6.07) is 9.45. The predicted molar refractivity (Wildman–Crippen MR) is 79.8 cm³/mol. The second-order valence-electron chi connectivity index (χ2n) is 5.02. The lowest BCUT2D eigenvalue weighted by Crippen LogP contribution is -2.13. The number of amides is 1. The Labute approximate surface area is 119 Å². The molecule has 0 aliphatic rings. The fourth-order valence-corrected chi connectivity index (χ4v) is 1.92. The number of H-pyrrole nitrogens is 1. The van der Waals surface area contributed by atoms with Gasteiger partial charge in [-0.2, -0.15) is 5.10 Å². The summed E-state index contributed by atoms with van der Waals surface area (Å²) >= 11 is 0. The maximum absolute atomic E-state index is 12.1. The van der Waals surface area contributed by atoms with Crippen LogP contribution in [-0.2, 0) is 13.0 Å². The van der Waals surface area contributed by atoms with Crippen LogP contribution in [0.15, 0.2) is 30.3 Å². The van der Waals surface area contributed by atoms with Crippen molar-refractivity contribution in [2.45, 2.75) is 19.9 Å². The smallest absolute Gasteiger partial charge is 0.256 e. The number of aryl methyl sites for hydroxylation is 1. The van der Waals surface area contributed by atoms with Gasteiger partial charge in [0.1, 0.15) is 0 Å². The van der Waals surface area contributed by atoms with Crippen molar-refractivity contribution < 1.29 is 4.79 Å². The SMILES string of the molecule is CCc1cc(NC(=O)c2ccc(CN(C)C)cc2)n[nH]1. The summed E-state index contributed by atoms with van der Waals surface area (Å²) in [5, 5.41) is 9.70. The van der Waals surface area contributed by atoms with E-state index in [0.717, 1.165) is 18.7 Å². The number of hydrogen-bond donors (Lipinski definition) is 2. The molecule has 2 rings (SSSR count). The zero-order valence-corrected chi connectivity index (χ0v) is 12.1. The Balaban J connectivity index is 2.01. The van der Waals surface area contributed by atoms with Crippen LogP contribution in [0.4, 0.5) is 5.82 Å². The van der Waals surface area contributed by atoms with Crippen molar-refractivity contribution in [1.82, 2.24) is 15.1 Å². The highest BCUT2D eigenvalue weighted by atomic mass is 16.1. The topological polar surface area (TPSA) is 61.0 Å². The van der Waals surface area contributed by atoms with E-state index >= 15 is 0 Å². The average Bonchev–Trinajstić information content (AvgIpc) is 2.86. The van der Waals surface area contributed by atoms with E-state index in [4.69, 9.17) is 0 Å². The molecule has 0 aliphatic carbocycles. The van der Waals surface area contributed by atoms with Gasteiger partial charge in [-0.25, -0.2) is 0 Å². The number of hydrogen-bond acceptors (Lipinski definition) is 3. The fraction of sp³-hybridized carbons (Fsp3) is 0.333. The number of anilines is 1. The van der Waals surface area contributed by atoms with Crippen LogP contribution in [0.2, 0.25) is 0 Å². The summed E-state index contributed by atoms with van der Waals surface area (Å²) in [6.45, 7) is 2.89. The van der Waals surface area contributed by atoms with E-state index in [1.165, 1.54) is 5.56 Å². The highest BCUT2D eigenvalue weighted by Gasteiger charge is 2.08.